The molecule has 1 aliphatic heterocycles. The molecule has 4 aromatic rings. The predicted octanol–water partition coefficient (Wildman–Crippen LogP) is 4.05. The minimum atomic E-state index is -1.17. The van der Waals surface area contributed by atoms with E-state index >= 15 is 0 Å². The molecule has 0 spiro atoms. The topological polar surface area (TPSA) is 131 Å². The number of carbonyl (C=O) groups excluding carboxylic acids is 3. The Bertz CT molecular complexity index is 1590. The maximum absolute atomic E-state index is 13.4. The quantitative estimate of drug-likeness (QED) is 0.290. The van der Waals surface area contributed by atoms with Gasteiger partial charge in [0, 0.05) is 28.7 Å². The van der Waals surface area contributed by atoms with Crippen LogP contribution in [0.5, 0.6) is 5.75 Å². The van der Waals surface area contributed by atoms with Gasteiger partial charge in [0.15, 0.2) is 0 Å². The lowest BCUT2D eigenvalue weighted by Gasteiger charge is -2.26. The summed E-state index contributed by atoms with van der Waals surface area (Å²) in [6.45, 7) is 2.46. The monoisotopic (exact) mass is 499 g/mol. The highest BCUT2D eigenvalue weighted by atomic mass is 16.5. The lowest BCUT2D eigenvalue weighted by molar-refractivity contribution is -0.122. The van der Waals surface area contributed by atoms with Crippen molar-refractivity contribution < 1.29 is 33.4 Å². The van der Waals surface area contributed by atoms with Crippen LogP contribution < -0.4 is 15.0 Å². The SMILES string of the molecule is CCOc1cccc(N2C(=O)NC(=O)/C(=C\c3cn(Cc4ccc(C(=O)O)o4)c4ccccc34)C2=O)c1. The molecule has 0 radical (unpaired) electrons. The van der Waals surface area contributed by atoms with E-state index in [2.05, 4.69) is 5.32 Å². The highest BCUT2D eigenvalue weighted by Gasteiger charge is 2.37. The molecule has 186 valence electrons. The number of furan rings is 1. The number of urea groups is 1. The Kier molecular flexibility index (Phi) is 6.06. The average molecular weight is 499 g/mol. The number of carbonyl (C=O) groups is 4. The Morgan fingerprint density at radius 2 is 1.89 bits per heavy atom. The van der Waals surface area contributed by atoms with Crippen LogP contribution in [0, 0.1) is 0 Å². The average Bonchev–Trinajstić information content (AvgIpc) is 3.48. The Hall–Kier alpha value is -5.12. The van der Waals surface area contributed by atoms with E-state index in [4.69, 9.17) is 14.3 Å². The third-order valence-electron chi connectivity index (χ3n) is 5.81. The second kappa shape index (κ2) is 9.50. The number of carboxylic acid groups (broad SMARTS) is 1. The summed E-state index contributed by atoms with van der Waals surface area (Å²) in [5.41, 5.74) is 1.40. The zero-order valence-electron chi connectivity index (χ0n) is 19.6. The third kappa shape index (κ3) is 4.47. The Morgan fingerprint density at radius 1 is 1.08 bits per heavy atom. The number of benzene rings is 2. The molecule has 4 amide bonds. The summed E-state index contributed by atoms with van der Waals surface area (Å²) < 4.78 is 12.7. The number of nitrogens with zero attached hydrogens (tertiary/aromatic N) is 2. The third-order valence-corrected chi connectivity index (χ3v) is 5.81. The first kappa shape index (κ1) is 23.6. The highest BCUT2D eigenvalue weighted by molar-refractivity contribution is 6.39. The number of imide groups is 2. The first-order valence-corrected chi connectivity index (χ1v) is 11.4. The zero-order chi connectivity index (χ0) is 26.1. The Morgan fingerprint density at radius 3 is 2.65 bits per heavy atom. The molecule has 0 bridgehead atoms. The normalized spacial score (nSPS) is 14.9. The largest absolute Gasteiger partial charge is 0.494 e. The van der Waals surface area contributed by atoms with Crippen molar-refractivity contribution in [3.05, 3.63) is 89.5 Å². The summed E-state index contributed by atoms with van der Waals surface area (Å²) in [4.78, 5) is 50.7. The summed E-state index contributed by atoms with van der Waals surface area (Å²) in [5.74, 6) is -2.00. The zero-order valence-corrected chi connectivity index (χ0v) is 19.6. The fourth-order valence-electron chi connectivity index (χ4n) is 4.19. The number of amides is 4. The van der Waals surface area contributed by atoms with Gasteiger partial charge in [-0.2, -0.15) is 0 Å². The van der Waals surface area contributed by atoms with Crippen LogP contribution in [0.2, 0.25) is 0 Å². The summed E-state index contributed by atoms with van der Waals surface area (Å²) >= 11 is 0. The van der Waals surface area contributed by atoms with Crippen LogP contribution in [0.25, 0.3) is 17.0 Å². The molecule has 2 aromatic carbocycles. The molecule has 10 nitrogen and oxygen atoms in total. The number of anilines is 1. The summed E-state index contributed by atoms with van der Waals surface area (Å²) in [5, 5.41) is 12.1. The van der Waals surface area contributed by atoms with Crippen LogP contribution >= 0.6 is 0 Å². The highest BCUT2D eigenvalue weighted by Crippen LogP contribution is 2.28. The van der Waals surface area contributed by atoms with Crippen molar-refractivity contribution in [2.45, 2.75) is 13.5 Å². The number of ether oxygens (including phenoxy) is 1. The number of aromatic nitrogens is 1. The summed E-state index contributed by atoms with van der Waals surface area (Å²) in [6.07, 6.45) is 3.17. The number of rotatable bonds is 7. The number of fused-ring (bicyclic) bond motifs is 1. The van der Waals surface area contributed by atoms with E-state index in [1.54, 1.807) is 36.5 Å². The van der Waals surface area contributed by atoms with Crippen LogP contribution in [-0.4, -0.2) is 40.1 Å². The van der Waals surface area contributed by atoms with Crippen LogP contribution in [0.1, 0.15) is 28.8 Å². The van der Waals surface area contributed by atoms with Crippen LogP contribution in [0.3, 0.4) is 0 Å². The molecule has 0 aliphatic carbocycles. The fourth-order valence-corrected chi connectivity index (χ4v) is 4.19. The van der Waals surface area contributed by atoms with Gasteiger partial charge in [0.05, 0.1) is 18.8 Å². The van der Waals surface area contributed by atoms with E-state index in [0.717, 1.165) is 15.8 Å². The van der Waals surface area contributed by atoms with E-state index in [1.165, 1.54) is 12.1 Å². The lowest BCUT2D eigenvalue weighted by Crippen LogP contribution is -2.54. The van der Waals surface area contributed by atoms with Gasteiger partial charge < -0.3 is 18.8 Å². The maximum Gasteiger partial charge on any atom is 0.371 e. The predicted molar refractivity (Wildman–Crippen MR) is 133 cm³/mol. The van der Waals surface area contributed by atoms with Gasteiger partial charge in [-0.25, -0.2) is 14.5 Å². The molecular weight excluding hydrogens is 478 g/mol. The fraction of sp³-hybridized carbons (Fsp3) is 0.111. The molecule has 5 rings (SSSR count). The maximum atomic E-state index is 13.4. The number of hydrogen-bond donors (Lipinski definition) is 2. The van der Waals surface area contributed by atoms with E-state index in [9.17, 15) is 19.2 Å². The molecule has 1 aliphatic rings. The van der Waals surface area contributed by atoms with Gasteiger partial charge >= 0.3 is 12.0 Å². The first-order chi connectivity index (χ1) is 17.9. The molecular formula is C27H21N3O7. The smallest absolute Gasteiger partial charge is 0.371 e. The minimum absolute atomic E-state index is 0.170. The van der Waals surface area contributed by atoms with E-state index in [-0.39, 0.29) is 23.6 Å². The van der Waals surface area contributed by atoms with Crippen LogP contribution in [-0.2, 0) is 16.1 Å². The molecule has 0 unspecified atom stereocenters. The van der Waals surface area contributed by atoms with Crippen LogP contribution in [0.15, 0.2) is 76.9 Å². The lowest BCUT2D eigenvalue weighted by atomic mass is 10.1. The van der Waals surface area contributed by atoms with Crippen LogP contribution in [0.4, 0.5) is 10.5 Å². The van der Waals surface area contributed by atoms with Gasteiger partial charge in [0.2, 0.25) is 5.76 Å². The van der Waals surface area contributed by atoms with Crippen molar-refractivity contribution >= 4 is 46.5 Å². The Labute approximate surface area is 210 Å². The second-order valence-corrected chi connectivity index (χ2v) is 8.19. The Balaban J connectivity index is 1.53. The molecule has 2 N–H and O–H groups in total. The minimum Gasteiger partial charge on any atom is -0.494 e. The number of carboxylic acids is 1. The van der Waals surface area contributed by atoms with Crippen molar-refractivity contribution in [3.8, 4) is 5.75 Å². The summed E-state index contributed by atoms with van der Waals surface area (Å²) in [7, 11) is 0. The molecule has 37 heavy (non-hydrogen) atoms. The molecule has 0 saturated carbocycles. The first-order valence-electron chi connectivity index (χ1n) is 11.4. The number of nitrogens with one attached hydrogen (secondary N) is 1. The van der Waals surface area contributed by atoms with E-state index in [1.807, 2.05) is 35.8 Å². The van der Waals surface area contributed by atoms with E-state index in [0.29, 0.717) is 23.7 Å². The molecule has 1 saturated heterocycles. The van der Waals surface area contributed by atoms with Gasteiger partial charge in [0.25, 0.3) is 11.8 Å². The van der Waals surface area contributed by atoms with Gasteiger partial charge in [0.1, 0.15) is 17.1 Å². The number of aromatic carboxylic acids is 1. The molecule has 2 aromatic heterocycles. The molecule has 10 heteroatoms. The van der Waals surface area contributed by atoms with Crippen molar-refractivity contribution in [1.82, 2.24) is 9.88 Å². The van der Waals surface area contributed by atoms with Crippen molar-refractivity contribution in [2.75, 3.05) is 11.5 Å². The van der Waals surface area contributed by atoms with E-state index < -0.39 is 23.8 Å². The number of barbiturate groups is 1. The van der Waals surface area contributed by atoms with Crippen molar-refractivity contribution in [1.29, 1.82) is 0 Å². The molecule has 0 atom stereocenters. The molecule has 3 heterocycles. The van der Waals surface area contributed by atoms with Crippen molar-refractivity contribution in [2.24, 2.45) is 0 Å². The van der Waals surface area contributed by atoms with Crippen molar-refractivity contribution in [3.63, 3.8) is 0 Å². The second-order valence-electron chi connectivity index (χ2n) is 8.19. The van der Waals surface area contributed by atoms with Gasteiger partial charge in [-0.3, -0.25) is 14.9 Å². The van der Waals surface area contributed by atoms with Gasteiger partial charge in [-0.15, -0.1) is 0 Å². The summed E-state index contributed by atoms with van der Waals surface area (Å²) in [6, 6.07) is 15.9. The molecule has 1 fully saturated rings. The standard InChI is InChI=1S/C27H21N3O7/c1-2-36-18-7-5-6-17(13-18)30-25(32)21(24(31)28-27(30)35)12-16-14-29(22-9-4-3-8-20(16)22)15-19-10-11-23(37-19)26(33)34/h3-14H,2,15H2,1H3,(H,33,34)(H,28,31,35)/b21-12+. The van der Waals surface area contributed by atoms with Gasteiger partial charge in [-0.05, 0) is 43.3 Å². The number of para-hydroxylation sites is 1. The van der Waals surface area contributed by atoms with Gasteiger partial charge in [-0.1, -0.05) is 24.3 Å². The number of hydrogen-bond acceptors (Lipinski definition) is 6.